The Kier molecular flexibility index (Phi) is 3.29. The third-order valence-corrected chi connectivity index (χ3v) is 3.14. The van der Waals surface area contributed by atoms with Crippen LogP contribution in [-0.4, -0.2) is 19.5 Å². The van der Waals surface area contributed by atoms with Gasteiger partial charge in [0.05, 0.1) is 6.33 Å². The van der Waals surface area contributed by atoms with Crippen LogP contribution in [0.15, 0.2) is 36.7 Å². The molecule has 3 rings (SSSR count). The van der Waals surface area contributed by atoms with E-state index in [9.17, 15) is 13.2 Å². The van der Waals surface area contributed by atoms with Crippen LogP contribution in [0.4, 0.5) is 13.2 Å². The van der Waals surface area contributed by atoms with Crippen LogP contribution in [0.1, 0.15) is 11.4 Å². The molecule has 0 radical (unpaired) electrons. The second-order valence-corrected chi connectivity index (χ2v) is 4.72. The van der Waals surface area contributed by atoms with Gasteiger partial charge in [0.25, 0.3) is 0 Å². The van der Waals surface area contributed by atoms with Crippen molar-refractivity contribution in [2.24, 2.45) is 0 Å². The highest BCUT2D eigenvalue weighted by atomic mass is 35.5. The normalized spacial score (nSPS) is 12.0. The molecule has 0 aliphatic carbocycles. The number of hydrogen-bond acceptors (Lipinski definition) is 3. The first kappa shape index (κ1) is 13.8. The van der Waals surface area contributed by atoms with E-state index in [4.69, 9.17) is 11.6 Å². The van der Waals surface area contributed by atoms with Gasteiger partial charge in [-0.15, -0.1) is 0 Å². The largest absolute Gasteiger partial charge is 0.451 e. The van der Waals surface area contributed by atoms with Gasteiger partial charge in [0.15, 0.2) is 10.8 Å². The number of aromatic nitrogens is 4. The summed E-state index contributed by atoms with van der Waals surface area (Å²) >= 11 is 5.87. The average Bonchev–Trinajstić information content (AvgIpc) is 2.82. The Morgan fingerprint density at radius 1 is 1.10 bits per heavy atom. The van der Waals surface area contributed by atoms with Gasteiger partial charge in [0.1, 0.15) is 5.52 Å². The van der Waals surface area contributed by atoms with Gasteiger partial charge in [-0.25, -0.2) is 15.0 Å². The molecule has 0 atom stereocenters. The number of imidazole rings is 1. The van der Waals surface area contributed by atoms with Crippen molar-refractivity contribution in [1.29, 1.82) is 0 Å². The van der Waals surface area contributed by atoms with Crippen LogP contribution in [0.5, 0.6) is 0 Å². The van der Waals surface area contributed by atoms with E-state index in [1.165, 1.54) is 6.33 Å². The number of alkyl halides is 3. The first-order valence-corrected chi connectivity index (χ1v) is 6.32. The molecule has 21 heavy (non-hydrogen) atoms. The highest BCUT2D eigenvalue weighted by molar-refractivity contribution is 6.33. The minimum absolute atomic E-state index is 0.0711. The molecular weight excluding hydrogens is 305 g/mol. The molecule has 108 valence electrons. The lowest BCUT2D eigenvalue weighted by Crippen LogP contribution is -2.11. The van der Waals surface area contributed by atoms with Crippen molar-refractivity contribution < 1.29 is 13.2 Å². The highest BCUT2D eigenvalue weighted by Crippen LogP contribution is 2.30. The maximum Gasteiger partial charge on any atom is 0.451 e. The predicted molar refractivity (Wildman–Crippen MR) is 70.9 cm³/mol. The topological polar surface area (TPSA) is 43.6 Å². The molecule has 3 aromatic rings. The van der Waals surface area contributed by atoms with Crippen LogP contribution in [0.2, 0.25) is 5.15 Å². The Balaban J connectivity index is 2.07. The Morgan fingerprint density at radius 2 is 1.81 bits per heavy atom. The summed E-state index contributed by atoms with van der Waals surface area (Å²) in [5, 5.41) is -0.263. The molecule has 1 aromatic carbocycles. The van der Waals surface area contributed by atoms with Crippen LogP contribution in [0.3, 0.4) is 0 Å². The summed E-state index contributed by atoms with van der Waals surface area (Å²) in [6, 6.07) is 9.40. The van der Waals surface area contributed by atoms with Gasteiger partial charge in [0, 0.05) is 6.54 Å². The summed E-state index contributed by atoms with van der Waals surface area (Å²) in [5.41, 5.74) is 1.18. The molecule has 0 saturated carbocycles. The number of nitrogens with zero attached hydrogens (tertiary/aromatic N) is 4. The Bertz CT molecular complexity index is 783. The quantitative estimate of drug-likeness (QED) is 0.680. The number of fused-ring (bicyclic) bond motifs is 1. The third kappa shape index (κ3) is 2.69. The maximum absolute atomic E-state index is 12.6. The lowest BCUT2D eigenvalue weighted by atomic mass is 10.2. The van der Waals surface area contributed by atoms with Crippen molar-refractivity contribution in [3.8, 4) is 0 Å². The molecule has 0 aliphatic heterocycles. The SMILES string of the molecule is FC(F)(F)c1nc(Cl)c2c(ncn2Cc2ccccc2)n1. The highest BCUT2D eigenvalue weighted by Gasteiger charge is 2.36. The molecule has 0 spiro atoms. The first-order valence-electron chi connectivity index (χ1n) is 5.94. The van der Waals surface area contributed by atoms with Gasteiger partial charge < -0.3 is 4.57 Å². The van der Waals surface area contributed by atoms with E-state index in [0.717, 1.165) is 5.56 Å². The van der Waals surface area contributed by atoms with Crippen molar-refractivity contribution in [3.63, 3.8) is 0 Å². The maximum atomic E-state index is 12.6. The van der Waals surface area contributed by atoms with E-state index < -0.39 is 12.0 Å². The fourth-order valence-electron chi connectivity index (χ4n) is 1.96. The van der Waals surface area contributed by atoms with Gasteiger partial charge in [0.2, 0.25) is 5.82 Å². The van der Waals surface area contributed by atoms with E-state index in [1.54, 1.807) is 4.57 Å². The molecule has 0 unspecified atom stereocenters. The standard InChI is InChI=1S/C13H8ClF3N4/c14-10-9-11(20-12(19-10)13(15,16)17)18-7-21(9)6-8-4-2-1-3-5-8/h1-5,7H,6H2. The Labute approximate surface area is 122 Å². The molecule has 0 bridgehead atoms. The van der Waals surface area contributed by atoms with Crippen LogP contribution in [0, 0.1) is 0 Å². The average molecular weight is 313 g/mol. The van der Waals surface area contributed by atoms with Crippen molar-refractivity contribution in [2.75, 3.05) is 0 Å². The van der Waals surface area contributed by atoms with E-state index in [-0.39, 0.29) is 16.3 Å². The smallest absolute Gasteiger partial charge is 0.322 e. The molecule has 0 N–H and O–H groups in total. The number of rotatable bonds is 2. The zero-order valence-corrected chi connectivity index (χ0v) is 11.2. The van der Waals surface area contributed by atoms with Crippen molar-refractivity contribution in [2.45, 2.75) is 12.7 Å². The fraction of sp³-hybridized carbons (Fsp3) is 0.154. The van der Waals surface area contributed by atoms with Crippen LogP contribution < -0.4 is 0 Å². The Hall–Kier alpha value is -2.15. The third-order valence-electron chi connectivity index (χ3n) is 2.88. The van der Waals surface area contributed by atoms with Gasteiger partial charge >= 0.3 is 6.18 Å². The zero-order chi connectivity index (χ0) is 15.0. The van der Waals surface area contributed by atoms with Gasteiger partial charge in [-0.1, -0.05) is 41.9 Å². The van der Waals surface area contributed by atoms with E-state index in [0.29, 0.717) is 6.54 Å². The molecule has 0 aliphatic rings. The monoisotopic (exact) mass is 312 g/mol. The van der Waals surface area contributed by atoms with Crippen LogP contribution in [0.25, 0.3) is 11.2 Å². The zero-order valence-electron chi connectivity index (χ0n) is 10.5. The molecule has 2 heterocycles. The number of benzene rings is 1. The summed E-state index contributed by atoms with van der Waals surface area (Å²) in [7, 11) is 0. The number of hydrogen-bond donors (Lipinski definition) is 0. The summed E-state index contributed by atoms with van der Waals surface area (Å²) < 4.78 is 39.5. The molecule has 0 amide bonds. The molecule has 2 aromatic heterocycles. The second-order valence-electron chi connectivity index (χ2n) is 4.37. The van der Waals surface area contributed by atoms with E-state index in [1.807, 2.05) is 30.3 Å². The molecule has 8 heteroatoms. The molecule has 0 saturated heterocycles. The van der Waals surface area contributed by atoms with Crippen LogP contribution >= 0.6 is 11.6 Å². The van der Waals surface area contributed by atoms with Gasteiger partial charge in [-0.05, 0) is 5.56 Å². The summed E-state index contributed by atoms with van der Waals surface area (Å²) in [6.45, 7) is 0.422. The Morgan fingerprint density at radius 3 is 2.48 bits per heavy atom. The second kappa shape index (κ2) is 5.00. The fourth-order valence-corrected chi connectivity index (χ4v) is 2.24. The summed E-state index contributed by atoms with van der Waals surface area (Å²) in [4.78, 5) is 10.6. The van der Waals surface area contributed by atoms with E-state index in [2.05, 4.69) is 15.0 Å². The predicted octanol–water partition coefficient (Wildman–Crippen LogP) is 3.55. The van der Waals surface area contributed by atoms with Crippen LogP contribution in [-0.2, 0) is 12.7 Å². The van der Waals surface area contributed by atoms with Gasteiger partial charge in [-0.2, -0.15) is 13.2 Å². The lowest BCUT2D eigenvalue weighted by Gasteiger charge is -2.07. The summed E-state index contributed by atoms with van der Waals surface area (Å²) in [6.07, 6.45) is -3.25. The molecular formula is C13H8ClF3N4. The van der Waals surface area contributed by atoms with E-state index >= 15 is 0 Å². The van der Waals surface area contributed by atoms with Crippen molar-refractivity contribution >= 4 is 22.8 Å². The molecule has 0 fully saturated rings. The first-order chi connectivity index (χ1) is 9.95. The lowest BCUT2D eigenvalue weighted by molar-refractivity contribution is -0.144. The van der Waals surface area contributed by atoms with Gasteiger partial charge in [-0.3, -0.25) is 0 Å². The minimum Gasteiger partial charge on any atom is -0.322 e. The van der Waals surface area contributed by atoms with Crippen molar-refractivity contribution in [1.82, 2.24) is 19.5 Å². The molecule has 4 nitrogen and oxygen atoms in total. The number of halogens is 4. The minimum atomic E-state index is -4.65. The summed E-state index contributed by atoms with van der Waals surface area (Å²) in [5.74, 6) is -1.29. The van der Waals surface area contributed by atoms with Crippen molar-refractivity contribution in [3.05, 3.63) is 53.2 Å².